The van der Waals surface area contributed by atoms with Gasteiger partial charge in [0.2, 0.25) is 0 Å². The van der Waals surface area contributed by atoms with Crippen molar-refractivity contribution in [3.8, 4) is 0 Å². The molecule has 2 rings (SSSR count). The van der Waals surface area contributed by atoms with Crippen LogP contribution in [-0.4, -0.2) is 57.4 Å². The zero-order chi connectivity index (χ0) is 23.3. The van der Waals surface area contributed by atoms with E-state index in [-0.39, 0.29) is 0 Å². The Kier molecular flexibility index (Phi) is 13.1. The van der Waals surface area contributed by atoms with Gasteiger partial charge in [0.15, 0.2) is 0 Å². The third kappa shape index (κ3) is 9.71. The van der Waals surface area contributed by atoms with Gasteiger partial charge in [0.1, 0.15) is 11.9 Å². The van der Waals surface area contributed by atoms with Crippen LogP contribution in [0.25, 0.3) is 5.57 Å². The summed E-state index contributed by atoms with van der Waals surface area (Å²) in [5.74, 6) is 0.478. The second kappa shape index (κ2) is 14.4. The first-order chi connectivity index (χ1) is 14.2. The van der Waals surface area contributed by atoms with E-state index in [0.29, 0.717) is 11.9 Å². The summed E-state index contributed by atoms with van der Waals surface area (Å²) < 4.78 is 5.64. The predicted octanol–water partition coefficient (Wildman–Crippen LogP) is 3.43. The summed E-state index contributed by atoms with van der Waals surface area (Å²) in [5, 5.41) is 14.5. The highest BCUT2D eigenvalue weighted by Crippen LogP contribution is 2.26. The first-order valence-electron chi connectivity index (χ1n) is 10.3. The van der Waals surface area contributed by atoms with Crippen LogP contribution in [0.5, 0.6) is 0 Å². The second-order valence-corrected chi connectivity index (χ2v) is 7.29. The van der Waals surface area contributed by atoms with Crippen LogP contribution in [0.15, 0.2) is 40.6 Å². The number of allylic oxidation sites excluding steroid dienone is 2. The van der Waals surface area contributed by atoms with Gasteiger partial charge in [-0.2, -0.15) is 0 Å². The van der Waals surface area contributed by atoms with Crippen molar-refractivity contribution >= 4 is 17.3 Å². The minimum absolute atomic E-state index is 0.396. The smallest absolute Gasteiger partial charge is 0.315 e. The molecule has 0 fully saturated rings. The van der Waals surface area contributed by atoms with Crippen molar-refractivity contribution in [3.63, 3.8) is 0 Å². The van der Waals surface area contributed by atoms with E-state index in [9.17, 15) is 0 Å². The zero-order valence-electron chi connectivity index (χ0n) is 20.6. The summed E-state index contributed by atoms with van der Waals surface area (Å²) >= 11 is 0. The number of nitrogens with zero attached hydrogens (tertiary/aromatic N) is 3. The van der Waals surface area contributed by atoms with Crippen LogP contribution in [0.1, 0.15) is 37.8 Å². The van der Waals surface area contributed by atoms with Crippen molar-refractivity contribution < 1.29 is 9.32 Å². The van der Waals surface area contributed by atoms with E-state index in [1.54, 1.807) is 7.05 Å². The first-order valence-corrected chi connectivity index (χ1v) is 10.3. The lowest BCUT2D eigenvalue weighted by atomic mass is 10.1. The molecule has 0 radical (unpaired) electrons. The van der Waals surface area contributed by atoms with Crippen LogP contribution in [0, 0.1) is 13.8 Å². The molecule has 0 bridgehead atoms. The molecule has 0 aliphatic heterocycles. The van der Waals surface area contributed by atoms with Gasteiger partial charge in [-0.3, -0.25) is 0 Å². The average molecular weight is 418 g/mol. The van der Waals surface area contributed by atoms with Crippen LogP contribution in [0.2, 0.25) is 0 Å². The van der Waals surface area contributed by atoms with Crippen molar-refractivity contribution in [3.05, 3.63) is 53.2 Å². The predicted molar refractivity (Wildman–Crippen MR) is 129 cm³/mol. The van der Waals surface area contributed by atoms with Gasteiger partial charge in [-0.25, -0.2) is 0 Å². The quantitative estimate of drug-likeness (QED) is 0.626. The molecule has 30 heavy (non-hydrogen) atoms. The van der Waals surface area contributed by atoms with Gasteiger partial charge in [-0.05, 0) is 53.5 Å². The van der Waals surface area contributed by atoms with E-state index in [2.05, 4.69) is 73.2 Å². The Hall–Kier alpha value is -2.64. The maximum absolute atomic E-state index is 5.64. The van der Waals surface area contributed by atoms with Crippen molar-refractivity contribution in [2.45, 2.75) is 34.6 Å². The molecule has 7 nitrogen and oxygen atoms in total. The van der Waals surface area contributed by atoms with E-state index in [1.165, 1.54) is 16.0 Å². The van der Waals surface area contributed by atoms with Crippen LogP contribution in [0.3, 0.4) is 0 Å². The fourth-order valence-electron chi connectivity index (χ4n) is 2.40. The molecule has 1 aromatic heterocycles. The molecular weight excluding hydrogens is 376 g/mol. The third-order valence-corrected chi connectivity index (χ3v) is 3.53. The Morgan fingerprint density at radius 1 is 1.10 bits per heavy atom. The number of hydrogen-bond donors (Lipinski definition) is 3. The Balaban J connectivity index is 0.00000125. The lowest BCUT2D eigenvalue weighted by molar-refractivity contribution is -0.801. The van der Waals surface area contributed by atoms with E-state index in [0.717, 1.165) is 17.0 Å². The van der Waals surface area contributed by atoms with E-state index in [1.807, 2.05) is 52.9 Å². The molecule has 0 unspecified atom stereocenters. The Labute approximate surface area is 182 Å². The van der Waals surface area contributed by atoms with Gasteiger partial charge in [0.25, 0.3) is 5.89 Å². The fourth-order valence-corrected chi connectivity index (χ4v) is 2.40. The number of aryl methyl sites for hydroxylation is 2. The topological polar surface area (TPSA) is 70.7 Å². The summed E-state index contributed by atoms with van der Waals surface area (Å²) in [6.07, 6.45) is 4.05. The molecule has 7 heteroatoms. The molecule has 0 aliphatic carbocycles. The van der Waals surface area contributed by atoms with Crippen molar-refractivity contribution in [1.82, 2.24) is 15.1 Å². The number of hydrogen-bond acceptors (Lipinski definition) is 6. The summed E-state index contributed by atoms with van der Waals surface area (Å²) in [5.41, 5.74) is 5.27. The number of benzene rings is 1. The van der Waals surface area contributed by atoms with Crippen molar-refractivity contribution in [1.29, 1.82) is 0 Å². The molecule has 0 saturated carbocycles. The number of nitrogens with one attached hydrogen (secondary N) is 3. The van der Waals surface area contributed by atoms with Crippen LogP contribution < -0.4 is 15.5 Å². The van der Waals surface area contributed by atoms with Crippen LogP contribution in [-0.2, 0) is 0 Å². The highest BCUT2D eigenvalue weighted by atomic mass is 16.4. The lowest BCUT2D eigenvalue weighted by Gasteiger charge is -2.15. The Morgan fingerprint density at radius 2 is 1.70 bits per heavy atom. The molecule has 0 aliphatic rings. The molecule has 0 spiro atoms. The Morgan fingerprint density at radius 3 is 2.13 bits per heavy atom. The number of aromatic nitrogens is 2. The fraction of sp³-hybridized carbons (Fsp3) is 0.478. The van der Waals surface area contributed by atoms with Gasteiger partial charge in [-0.15, -0.1) is 5.10 Å². The molecule has 3 N–H and O–H groups in total. The van der Waals surface area contributed by atoms with Crippen molar-refractivity contribution in [2.75, 3.05) is 52.9 Å². The summed E-state index contributed by atoms with van der Waals surface area (Å²) in [6.45, 7) is 10.1. The third-order valence-electron chi connectivity index (χ3n) is 3.53. The molecular formula is C23H41N6O+. The average Bonchev–Trinajstić information content (AvgIpc) is 3.14. The van der Waals surface area contributed by atoms with Gasteiger partial charge < -0.3 is 24.9 Å². The summed E-state index contributed by atoms with van der Waals surface area (Å²) in [4.78, 5) is 3.18. The molecule has 168 valence electrons. The molecule has 1 aromatic carbocycles. The maximum Gasteiger partial charge on any atom is 0.315 e. The SMILES string of the molecule is C/C=C(\C(=C/[NH+](C)C)Nc1ccc(C)cc1C)c1nnc(NC)o1.CC.CN(C)C. The van der Waals surface area contributed by atoms with Gasteiger partial charge in [0.05, 0.1) is 19.7 Å². The largest absolute Gasteiger partial charge is 0.403 e. The van der Waals surface area contributed by atoms with Crippen LogP contribution in [0.4, 0.5) is 11.7 Å². The number of anilines is 2. The standard InChI is InChI=1S/C18H25N5O.C3H9N.C2H6/c1-7-14(17-21-22-18(19-4)24-17)16(11-23(5)6)20-15-9-8-12(2)10-13(15)3;1-4(2)3;1-2/h7-11,20H,1-6H3,(H,19,22);1-3H3;1-2H3/p+1/b14-7+,16-11+;;. The Bertz CT molecular complexity index is 803. The normalized spacial score (nSPS) is 11.5. The van der Waals surface area contributed by atoms with E-state index in [4.69, 9.17) is 4.42 Å². The minimum Gasteiger partial charge on any atom is -0.403 e. The van der Waals surface area contributed by atoms with Gasteiger partial charge in [0, 0.05) is 12.7 Å². The van der Waals surface area contributed by atoms with Gasteiger partial charge >= 0.3 is 6.01 Å². The van der Waals surface area contributed by atoms with Crippen molar-refractivity contribution in [2.24, 2.45) is 0 Å². The van der Waals surface area contributed by atoms with Crippen LogP contribution >= 0.6 is 0 Å². The molecule has 0 atom stereocenters. The highest BCUT2D eigenvalue weighted by molar-refractivity contribution is 5.79. The zero-order valence-corrected chi connectivity index (χ0v) is 20.6. The molecule has 0 amide bonds. The number of rotatable bonds is 6. The second-order valence-electron chi connectivity index (χ2n) is 7.29. The molecule has 1 heterocycles. The molecule has 0 saturated heterocycles. The summed E-state index contributed by atoms with van der Waals surface area (Å²) in [6, 6.07) is 6.73. The highest BCUT2D eigenvalue weighted by Gasteiger charge is 2.17. The van der Waals surface area contributed by atoms with E-state index >= 15 is 0 Å². The maximum atomic E-state index is 5.64. The molecule has 2 aromatic rings. The number of quaternary nitrogens is 1. The summed E-state index contributed by atoms with van der Waals surface area (Å²) in [7, 11) is 11.9. The lowest BCUT2D eigenvalue weighted by Crippen LogP contribution is -3.00. The van der Waals surface area contributed by atoms with Gasteiger partial charge in [-0.1, -0.05) is 42.7 Å². The van der Waals surface area contributed by atoms with E-state index < -0.39 is 0 Å². The minimum atomic E-state index is 0.396. The first kappa shape index (κ1) is 27.4. The monoisotopic (exact) mass is 417 g/mol.